The lowest BCUT2D eigenvalue weighted by atomic mass is 10.4. The first kappa shape index (κ1) is 9.38. The van der Waals surface area contributed by atoms with Crippen molar-refractivity contribution in [1.82, 2.24) is 0 Å². The second-order valence-corrected chi connectivity index (χ2v) is 4.71. The summed E-state index contributed by atoms with van der Waals surface area (Å²) in [6.45, 7) is 0.790. The van der Waals surface area contributed by atoms with E-state index in [4.69, 9.17) is 16.3 Å². The van der Waals surface area contributed by atoms with Crippen LogP contribution in [0, 0.1) is 0 Å². The molecule has 0 spiro atoms. The van der Waals surface area contributed by atoms with E-state index in [1.165, 1.54) is 4.90 Å². The molecule has 0 saturated carbocycles. The van der Waals surface area contributed by atoms with Gasteiger partial charge in [-0.25, -0.2) is 0 Å². The minimum atomic E-state index is 0.129. The van der Waals surface area contributed by atoms with Gasteiger partial charge < -0.3 is 4.74 Å². The lowest BCUT2D eigenvalue weighted by molar-refractivity contribution is 0.174. The largest absolute Gasteiger partial charge is 0.366 e. The predicted octanol–water partition coefficient (Wildman–Crippen LogP) is 3.13. The Morgan fingerprint density at radius 2 is 2.08 bits per heavy atom. The molecule has 2 rings (SSSR count). The van der Waals surface area contributed by atoms with Crippen LogP contribution in [0.25, 0.3) is 0 Å². The van der Waals surface area contributed by atoms with Crippen molar-refractivity contribution in [3.05, 3.63) is 30.3 Å². The standard InChI is InChI=1S/C10H11ClOS/c11-9-6-7-12-10(9)13-8-4-2-1-3-5-8/h1-5,9-10H,6-7H2/t9-,10-/m1/s1. The Kier molecular flexibility index (Phi) is 3.14. The summed E-state index contributed by atoms with van der Waals surface area (Å²) in [6, 6.07) is 10.2. The number of rotatable bonds is 2. The van der Waals surface area contributed by atoms with Crippen molar-refractivity contribution in [3.8, 4) is 0 Å². The van der Waals surface area contributed by atoms with Crippen molar-refractivity contribution in [3.63, 3.8) is 0 Å². The van der Waals surface area contributed by atoms with Crippen molar-refractivity contribution in [2.45, 2.75) is 22.1 Å². The molecule has 3 heteroatoms. The Labute approximate surface area is 87.4 Å². The van der Waals surface area contributed by atoms with Gasteiger partial charge in [0.25, 0.3) is 0 Å². The molecule has 0 radical (unpaired) electrons. The second kappa shape index (κ2) is 4.36. The lowest BCUT2D eigenvalue weighted by Gasteiger charge is -2.11. The van der Waals surface area contributed by atoms with Crippen molar-refractivity contribution in [1.29, 1.82) is 0 Å². The van der Waals surface area contributed by atoms with E-state index in [1.54, 1.807) is 11.8 Å². The third-order valence-corrected chi connectivity index (χ3v) is 3.80. The van der Waals surface area contributed by atoms with Crippen LogP contribution in [-0.4, -0.2) is 17.4 Å². The maximum Gasteiger partial charge on any atom is 0.124 e. The zero-order valence-electron chi connectivity index (χ0n) is 7.15. The Morgan fingerprint density at radius 3 is 2.69 bits per heavy atom. The van der Waals surface area contributed by atoms with Crippen molar-refractivity contribution < 1.29 is 4.74 Å². The van der Waals surface area contributed by atoms with Gasteiger partial charge in [0.05, 0.1) is 5.38 Å². The summed E-state index contributed by atoms with van der Waals surface area (Å²) in [6.07, 6.45) is 0.964. The lowest BCUT2D eigenvalue weighted by Crippen LogP contribution is -2.10. The molecule has 0 aromatic heterocycles. The molecule has 1 aromatic carbocycles. The molecule has 0 N–H and O–H groups in total. The van der Waals surface area contributed by atoms with Gasteiger partial charge in [0.1, 0.15) is 5.44 Å². The average Bonchev–Trinajstić information content (AvgIpc) is 2.54. The number of halogens is 1. The molecule has 1 aliphatic heterocycles. The third kappa shape index (κ3) is 2.39. The first-order valence-electron chi connectivity index (χ1n) is 4.33. The van der Waals surface area contributed by atoms with Gasteiger partial charge >= 0.3 is 0 Å². The van der Waals surface area contributed by atoms with Gasteiger partial charge in [-0.1, -0.05) is 30.0 Å². The van der Waals surface area contributed by atoms with Crippen LogP contribution in [0.5, 0.6) is 0 Å². The van der Waals surface area contributed by atoms with Gasteiger partial charge in [-0.3, -0.25) is 0 Å². The van der Waals surface area contributed by atoms with Crippen molar-refractivity contribution in [2.75, 3.05) is 6.61 Å². The van der Waals surface area contributed by atoms with Gasteiger partial charge in [-0.15, -0.1) is 11.6 Å². The Hall–Kier alpha value is -0.180. The van der Waals surface area contributed by atoms with E-state index in [2.05, 4.69) is 12.1 Å². The molecular weight excluding hydrogens is 204 g/mol. The van der Waals surface area contributed by atoms with E-state index < -0.39 is 0 Å². The van der Waals surface area contributed by atoms with Crippen LogP contribution in [0.2, 0.25) is 0 Å². The molecule has 2 atom stereocenters. The van der Waals surface area contributed by atoms with Crippen LogP contribution >= 0.6 is 23.4 Å². The first-order valence-corrected chi connectivity index (χ1v) is 5.65. The summed E-state index contributed by atoms with van der Waals surface area (Å²) in [5.74, 6) is 0. The van der Waals surface area contributed by atoms with E-state index in [0.29, 0.717) is 0 Å². The fraction of sp³-hybridized carbons (Fsp3) is 0.400. The van der Waals surface area contributed by atoms with Crippen LogP contribution < -0.4 is 0 Å². The summed E-state index contributed by atoms with van der Waals surface area (Å²) in [4.78, 5) is 1.22. The molecule has 13 heavy (non-hydrogen) atoms. The maximum atomic E-state index is 6.08. The quantitative estimate of drug-likeness (QED) is 0.700. The zero-order valence-corrected chi connectivity index (χ0v) is 8.72. The van der Waals surface area contributed by atoms with Crippen LogP contribution in [0.3, 0.4) is 0 Å². The van der Waals surface area contributed by atoms with Crippen LogP contribution in [0.4, 0.5) is 0 Å². The van der Waals surface area contributed by atoms with Crippen LogP contribution in [0.1, 0.15) is 6.42 Å². The minimum Gasteiger partial charge on any atom is -0.366 e. The number of ether oxygens (including phenoxy) is 1. The highest BCUT2D eigenvalue weighted by Crippen LogP contribution is 2.33. The van der Waals surface area contributed by atoms with Gasteiger partial charge in [0.15, 0.2) is 0 Å². The average molecular weight is 215 g/mol. The summed E-state index contributed by atoms with van der Waals surface area (Å²) in [5, 5.41) is 0.158. The fourth-order valence-electron chi connectivity index (χ4n) is 1.28. The molecule has 1 aromatic rings. The van der Waals surface area contributed by atoms with E-state index >= 15 is 0 Å². The molecule has 0 unspecified atom stereocenters. The van der Waals surface area contributed by atoms with Crippen LogP contribution in [0.15, 0.2) is 35.2 Å². The summed E-state index contributed by atoms with van der Waals surface area (Å²) in [7, 11) is 0. The molecule has 1 fully saturated rings. The molecule has 1 aliphatic rings. The highest BCUT2D eigenvalue weighted by atomic mass is 35.5. The second-order valence-electron chi connectivity index (χ2n) is 2.97. The first-order chi connectivity index (χ1) is 6.36. The minimum absolute atomic E-state index is 0.129. The highest BCUT2D eigenvalue weighted by molar-refractivity contribution is 7.99. The van der Waals surface area contributed by atoms with Gasteiger partial charge in [-0.05, 0) is 18.6 Å². The number of hydrogen-bond acceptors (Lipinski definition) is 2. The Bertz CT molecular complexity index is 265. The summed E-state index contributed by atoms with van der Waals surface area (Å²) < 4.78 is 5.50. The Balaban J connectivity index is 1.98. The highest BCUT2D eigenvalue weighted by Gasteiger charge is 2.26. The normalized spacial score (nSPS) is 27.8. The summed E-state index contributed by atoms with van der Waals surface area (Å²) in [5.41, 5.74) is 0.129. The SMILES string of the molecule is Cl[C@@H]1CCO[C@@H]1Sc1ccccc1. The van der Waals surface area contributed by atoms with E-state index in [9.17, 15) is 0 Å². The fourth-order valence-corrected chi connectivity index (χ4v) is 2.62. The number of hydrogen-bond donors (Lipinski definition) is 0. The third-order valence-electron chi connectivity index (χ3n) is 1.97. The van der Waals surface area contributed by atoms with Gasteiger partial charge in [0, 0.05) is 11.5 Å². The number of alkyl halides is 1. The molecule has 0 amide bonds. The molecular formula is C10H11ClOS. The monoisotopic (exact) mass is 214 g/mol. The molecule has 1 saturated heterocycles. The predicted molar refractivity (Wildman–Crippen MR) is 56.3 cm³/mol. The molecule has 1 nitrogen and oxygen atoms in total. The van der Waals surface area contributed by atoms with Crippen LogP contribution in [-0.2, 0) is 4.74 Å². The number of benzene rings is 1. The molecule has 0 bridgehead atoms. The Morgan fingerprint density at radius 1 is 1.31 bits per heavy atom. The van der Waals surface area contributed by atoms with E-state index in [-0.39, 0.29) is 10.8 Å². The topological polar surface area (TPSA) is 9.23 Å². The van der Waals surface area contributed by atoms with Crippen molar-refractivity contribution in [2.24, 2.45) is 0 Å². The van der Waals surface area contributed by atoms with Gasteiger partial charge in [-0.2, -0.15) is 0 Å². The maximum absolute atomic E-state index is 6.08. The molecule has 70 valence electrons. The van der Waals surface area contributed by atoms with Gasteiger partial charge in [0.2, 0.25) is 0 Å². The van der Waals surface area contributed by atoms with E-state index in [1.807, 2.05) is 18.2 Å². The molecule has 1 heterocycles. The smallest absolute Gasteiger partial charge is 0.124 e. The molecule has 0 aliphatic carbocycles. The zero-order chi connectivity index (χ0) is 9.10. The number of thioether (sulfide) groups is 1. The summed E-state index contributed by atoms with van der Waals surface area (Å²) >= 11 is 7.79. The van der Waals surface area contributed by atoms with Crippen molar-refractivity contribution >= 4 is 23.4 Å². The van der Waals surface area contributed by atoms with E-state index in [0.717, 1.165) is 13.0 Å².